The van der Waals surface area contributed by atoms with Crippen LogP contribution in [0.5, 0.6) is 0 Å². The number of amides is 1. The van der Waals surface area contributed by atoms with Gasteiger partial charge in [0.1, 0.15) is 0 Å². The number of hydrogen-bond acceptors (Lipinski definition) is 8. The Bertz CT molecular complexity index is 830. The van der Waals surface area contributed by atoms with Crippen LogP contribution in [-0.2, 0) is 19.1 Å². The fraction of sp³-hybridized carbons (Fsp3) is 0.632. The van der Waals surface area contributed by atoms with Crippen LogP contribution in [0.3, 0.4) is 0 Å². The molecule has 1 amide bonds. The third kappa shape index (κ3) is 2.85. The molecule has 2 fully saturated rings. The Morgan fingerprint density at radius 3 is 2.41 bits per heavy atom. The van der Waals surface area contributed by atoms with Gasteiger partial charge in [-0.15, -0.1) is 0 Å². The molecule has 4 N–H and O–H groups in total. The number of piperazine rings is 1. The zero-order valence-electron chi connectivity index (χ0n) is 17.1. The minimum Gasteiger partial charge on any atom is -0.486 e. The second-order valence-electron chi connectivity index (χ2n) is 7.86. The Morgan fingerprint density at radius 1 is 1.34 bits per heavy atom. The largest absolute Gasteiger partial charge is 0.486 e. The SMILES string of the molecule is COC12C(CO)C3=C(C(=O)C(C)=C(OC(C)C)C3=O)N1CC1C2N1C.NC(=O)O. The number of carboxylic acid groups (broad SMARTS) is 1. The zero-order valence-corrected chi connectivity index (χ0v) is 17.1. The molecule has 5 atom stereocenters. The van der Waals surface area contributed by atoms with Gasteiger partial charge in [-0.05, 0) is 27.8 Å². The number of primary amides is 1. The van der Waals surface area contributed by atoms with Gasteiger partial charge < -0.3 is 30.3 Å². The van der Waals surface area contributed by atoms with Crippen LogP contribution in [0.15, 0.2) is 22.6 Å². The van der Waals surface area contributed by atoms with Crippen molar-refractivity contribution in [3.63, 3.8) is 0 Å². The first-order chi connectivity index (χ1) is 13.5. The van der Waals surface area contributed by atoms with Crippen molar-refractivity contribution in [3.05, 3.63) is 22.6 Å². The van der Waals surface area contributed by atoms with E-state index in [0.29, 0.717) is 23.4 Å². The quantitative estimate of drug-likeness (QED) is 0.420. The molecule has 4 aliphatic rings. The minimum atomic E-state index is -1.33. The molecule has 0 aromatic rings. The maximum atomic E-state index is 13.2. The molecule has 3 aliphatic heterocycles. The van der Waals surface area contributed by atoms with Crippen molar-refractivity contribution in [1.29, 1.82) is 0 Å². The van der Waals surface area contributed by atoms with Gasteiger partial charge in [0.05, 0.1) is 30.4 Å². The molecule has 160 valence electrons. The topological polar surface area (TPSA) is 142 Å². The maximum Gasteiger partial charge on any atom is 0.402 e. The predicted molar refractivity (Wildman–Crippen MR) is 101 cm³/mol. The average Bonchev–Trinajstić information content (AvgIpc) is 3.01. The highest BCUT2D eigenvalue weighted by atomic mass is 16.5. The van der Waals surface area contributed by atoms with Crippen LogP contribution in [0.1, 0.15) is 20.8 Å². The summed E-state index contributed by atoms with van der Waals surface area (Å²) in [5.41, 5.74) is 4.22. The van der Waals surface area contributed by atoms with E-state index < -0.39 is 17.7 Å². The summed E-state index contributed by atoms with van der Waals surface area (Å²) in [5, 5.41) is 17.3. The van der Waals surface area contributed by atoms with Crippen molar-refractivity contribution < 1.29 is 34.1 Å². The predicted octanol–water partition coefficient (Wildman–Crippen LogP) is -0.323. The number of ketones is 2. The van der Waals surface area contributed by atoms with Crippen LogP contribution < -0.4 is 5.73 Å². The van der Waals surface area contributed by atoms with Gasteiger partial charge in [-0.3, -0.25) is 14.5 Å². The van der Waals surface area contributed by atoms with Gasteiger partial charge in [0, 0.05) is 30.8 Å². The van der Waals surface area contributed by atoms with Crippen molar-refractivity contribution in [2.24, 2.45) is 11.7 Å². The smallest absolute Gasteiger partial charge is 0.402 e. The Morgan fingerprint density at radius 2 is 1.93 bits per heavy atom. The first-order valence-electron chi connectivity index (χ1n) is 9.39. The van der Waals surface area contributed by atoms with Crippen LogP contribution in [0.2, 0.25) is 0 Å². The maximum absolute atomic E-state index is 13.2. The fourth-order valence-corrected chi connectivity index (χ4v) is 4.92. The normalized spacial score (nSPS) is 34.7. The van der Waals surface area contributed by atoms with Crippen LogP contribution in [0, 0.1) is 5.92 Å². The molecule has 0 saturated carbocycles. The second-order valence-corrected chi connectivity index (χ2v) is 7.86. The summed E-state index contributed by atoms with van der Waals surface area (Å²) in [5.74, 6) is -0.967. The molecule has 0 radical (unpaired) electrons. The summed E-state index contributed by atoms with van der Waals surface area (Å²) >= 11 is 0. The number of hydrogen-bond donors (Lipinski definition) is 3. The molecule has 2 saturated heterocycles. The van der Waals surface area contributed by atoms with E-state index in [-0.39, 0.29) is 42.1 Å². The first-order valence-corrected chi connectivity index (χ1v) is 9.39. The lowest BCUT2D eigenvalue weighted by Gasteiger charge is -2.40. The monoisotopic (exact) mass is 409 g/mol. The zero-order chi connectivity index (χ0) is 21.8. The molecule has 3 heterocycles. The van der Waals surface area contributed by atoms with Crippen LogP contribution in [0.4, 0.5) is 4.79 Å². The number of ether oxygens (including phenoxy) is 2. The molecule has 29 heavy (non-hydrogen) atoms. The number of carbonyl (C=O) groups is 3. The fourth-order valence-electron chi connectivity index (χ4n) is 4.92. The minimum absolute atomic E-state index is 0.0654. The van der Waals surface area contributed by atoms with Gasteiger partial charge in [-0.25, -0.2) is 4.79 Å². The highest BCUT2D eigenvalue weighted by molar-refractivity contribution is 6.25. The van der Waals surface area contributed by atoms with Crippen molar-refractivity contribution in [2.45, 2.75) is 44.7 Å². The Balaban J connectivity index is 0.000000552. The molecular formula is C19H27N3O7. The van der Waals surface area contributed by atoms with Crippen molar-refractivity contribution >= 4 is 17.7 Å². The van der Waals surface area contributed by atoms with Gasteiger partial charge in [0.15, 0.2) is 11.5 Å². The number of likely N-dealkylation sites (N-methyl/N-ethyl adjacent to an activating group) is 1. The van der Waals surface area contributed by atoms with Crippen molar-refractivity contribution in [1.82, 2.24) is 9.80 Å². The average molecular weight is 409 g/mol. The summed E-state index contributed by atoms with van der Waals surface area (Å²) in [6.45, 7) is 5.63. The third-order valence-electron chi connectivity index (χ3n) is 6.03. The molecule has 5 unspecified atom stereocenters. The Hall–Kier alpha value is -2.43. The molecule has 0 aromatic carbocycles. The van der Waals surface area contributed by atoms with E-state index in [1.807, 2.05) is 25.8 Å². The molecular weight excluding hydrogens is 382 g/mol. The number of allylic oxidation sites excluding steroid dienone is 2. The third-order valence-corrected chi connectivity index (χ3v) is 6.03. The Kier molecular flexibility index (Phi) is 5.22. The molecule has 1 aliphatic carbocycles. The summed E-state index contributed by atoms with van der Waals surface area (Å²) in [6.07, 6.45) is -1.55. The van der Waals surface area contributed by atoms with Crippen LogP contribution in [-0.4, -0.2) is 88.9 Å². The number of rotatable bonds is 4. The number of nitrogens with two attached hydrogens (primary N) is 1. The molecule has 10 nitrogen and oxygen atoms in total. The first kappa shape index (κ1) is 21.3. The summed E-state index contributed by atoms with van der Waals surface area (Å²) in [6, 6.07) is 0.346. The van der Waals surface area contributed by atoms with Gasteiger partial charge >= 0.3 is 6.09 Å². The van der Waals surface area contributed by atoms with E-state index in [0.717, 1.165) is 0 Å². The van der Waals surface area contributed by atoms with E-state index in [4.69, 9.17) is 19.4 Å². The van der Waals surface area contributed by atoms with Gasteiger partial charge in [-0.1, -0.05) is 0 Å². The number of carbonyl (C=O) groups excluding carboxylic acids is 2. The number of aliphatic hydroxyl groups excluding tert-OH is 1. The molecule has 10 heteroatoms. The van der Waals surface area contributed by atoms with E-state index >= 15 is 0 Å². The summed E-state index contributed by atoms with van der Waals surface area (Å²) < 4.78 is 11.6. The lowest BCUT2D eigenvalue weighted by atomic mass is 9.83. The molecule has 0 spiro atoms. The van der Waals surface area contributed by atoms with Crippen molar-refractivity contribution in [3.8, 4) is 0 Å². The van der Waals surface area contributed by atoms with E-state index in [1.54, 1.807) is 14.0 Å². The van der Waals surface area contributed by atoms with E-state index in [1.165, 1.54) is 0 Å². The summed E-state index contributed by atoms with van der Waals surface area (Å²) in [7, 11) is 3.59. The number of methoxy groups -OCH3 is 1. The number of Topliss-reactive ketones (excluding diaryl/α,β-unsaturated/α-hetero) is 2. The van der Waals surface area contributed by atoms with Gasteiger partial charge in [0.2, 0.25) is 11.6 Å². The number of nitrogens with zero attached hydrogens (tertiary/aromatic N) is 2. The number of aliphatic hydroxyl groups is 1. The molecule has 0 bridgehead atoms. The summed E-state index contributed by atoms with van der Waals surface area (Å²) in [4.78, 5) is 39.1. The standard InChI is InChI=1S/C18H24N2O5.CH3NO2/c1-8(2)25-16-9(3)14(22)13-12(15(16)23)10(7-21)18(24-5)17-11(19(17)4)6-20(13)18;2-1(3)4/h8,10-11,17,21H,6-7H2,1-5H3;2H2,(H,3,4). The molecule has 0 aromatic heterocycles. The van der Waals surface area contributed by atoms with Crippen LogP contribution >= 0.6 is 0 Å². The van der Waals surface area contributed by atoms with Gasteiger partial charge in [0.25, 0.3) is 0 Å². The Labute approximate surface area is 168 Å². The highest BCUT2D eigenvalue weighted by Crippen LogP contribution is 2.59. The van der Waals surface area contributed by atoms with Crippen molar-refractivity contribution in [2.75, 3.05) is 27.3 Å². The highest BCUT2D eigenvalue weighted by Gasteiger charge is 2.75. The lowest BCUT2D eigenvalue weighted by Crippen LogP contribution is -2.55. The lowest BCUT2D eigenvalue weighted by molar-refractivity contribution is -0.144. The second kappa shape index (κ2) is 7.12. The van der Waals surface area contributed by atoms with E-state index in [2.05, 4.69) is 10.6 Å². The van der Waals surface area contributed by atoms with Crippen LogP contribution in [0.25, 0.3) is 0 Å². The number of fused-ring (bicyclic) bond motifs is 4. The van der Waals surface area contributed by atoms with E-state index in [9.17, 15) is 14.7 Å². The molecule has 4 rings (SSSR count). The van der Waals surface area contributed by atoms with Gasteiger partial charge in [-0.2, -0.15) is 0 Å².